The summed E-state index contributed by atoms with van der Waals surface area (Å²) >= 11 is 0. The molecular formula is C14H27NO4Si. The van der Waals surface area contributed by atoms with Gasteiger partial charge in [-0.15, -0.1) is 0 Å². The van der Waals surface area contributed by atoms with Gasteiger partial charge in [-0.2, -0.15) is 0 Å². The number of rotatable bonds is 4. The van der Waals surface area contributed by atoms with Gasteiger partial charge in [-0.25, -0.2) is 9.69 Å². The lowest BCUT2D eigenvalue weighted by atomic mass is 10.0. The van der Waals surface area contributed by atoms with E-state index in [-0.39, 0.29) is 36.1 Å². The molecule has 0 saturated carbocycles. The third-order valence-electron chi connectivity index (χ3n) is 4.31. The highest BCUT2D eigenvalue weighted by molar-refractivity contribution is 6.74. The smallest absolute Gasteiger partial charge is 0.417 e. The van der Waals surface area contributed by atoms with Crippen molar-refractivity contribution >= 4 is 20.3 Å². The molecule has 6 heteroatoms. The number of hydrogen-bond acceptors (Lipinski definition) is 4. The van der Waals surface area contributed by atoms with Crippen LogP contribution in [0, 0.1) is 5.92 Å². The zero-order valence-corrected chi connectivity index (χ0v) is 14.6. The molecule has 1 atom stereocenters. The van der Waals surface area contributed by atoms with E-state index in [9.17, 15) is 9.59 Å². The first-order chi connectivity index (χ1) is 8.97. The molecule has 0 aliphatic carbocycles. The van der Waals surface area contributed by atoms with Crippen LogP contribution in [0.4, 0.5) is 4.79 Å². The monoisotopic (exact) mass is 301 g/mol. The number of ether oxygens (including phenoxy) is 1. The molecule has 1 heterocycles. The molecule has 0 aromatic heterocycles. The van der Waals surface area contributed by atoms with Crippen molar-refractivity contribution in [3.8, 4) is 0 Å². The standard InChI is InChI=1S/C14H27NO4Si/c1-10(2)11-8-18-13(17)15(11)12(16)9-19-20(6,7)14(3,4)5/h10-11H,8-9H2,1-7H3/t11-/m0/s1. The van der Waals surface area contributed by atoms with Gasteiger partial charge >= 0.3 is 6.09 Å². The largest absolute Gasteiger partial charge is 0.447 e. The van der Waals surface area contributed by atoms with Gasteiger partial charge in [0.1, 0.15) is 13.2 Å². The van der Waals surface area contributed by atoms with Crippen molar-refractivity contribution in [2.24, 2.45) is 5.92 Å². The number of cyclic esters (lactones) is 1. The molecule has 1 fully saturated rings. The van der Waals surface area contributed by atoms with Crippen LogP contribution in [0.3, 0.4) is 0 Å². The Bertz CT molecular complexity index is 387. The van der Waals surface area contributed by atoms with Crippen LogP contribution in [0.15, 0.2) is 0 Å². The SMILES string of the molecule is CC(C)[C@@H]1COC(=O)N1C(=O)CO[Si](C)(C)C(C)(C)C. The van der Waals surface area contributed by atoms with E-state index in [0.29, 0.717) is 0 Å². The molecule has 0 N–H and O–H groups in total. The molecule has 5 nitrogen and oxygen atoms in total. The fourth-order valence-electron chi connectivity index (χ4n) is 1.74. The summed E-state index contributed by atoms with van der Waals surface area (Å²) in [4.78, 5) is 25.2. The zero-order chi connectivity index (χ0) is 15.7. The Hall–Kier alpha value is -0.883. The first-order valence-electron chi connectivity index (χ1n) is 7.10. The second-order valence-corrected chi connectivity index (χ2v) is 12.0. The number of carbonyl (C=O) groups excluding carboxylic acids is 2. The van der Waals surface area contributed by atoms with Crippen LogP contribution in [0.25, 0.3) is 0 Å². The van der Waals surface area contributed by atoms with Gasteiger partial charge < -0.3 is 9.16 Å². The van der Waals surface area contributed by atoms with Crippen LogP contribution in [-0.4, -0.2) is 44.5 Å². The van der Waals surface area contributed by atoms with Gasteiger partial charge in [0.05, 0.1) is 6.04 Å². The average molecular weight is 301 g/mol. The Kier molecular flexibility index (Phi) is 5.02. The normalized spacial score (nSPS) is 20.5. The maximum Gasteiger partial charge on any atom is 0.417 e. The maximum atomic E-state index is 12.3. The van der Waals surface area contributed by atoms with E-state index in [2.05, 4.69) is 33.9 Å². The van der Waals surface area contributed by atoms with Gasteiger partial charge in [0, 0.05) is 0 Å². The van der Waals surface area contributed by atoms with E-state index in [0.717, 1.165) is 0 Å². The molecule has 0 radical (unpaired) electrons. The summed E-state index contributed by atoms with van der Waals surface area (Å²) in [5.41, 5.74) is 0. The molecule has 0 spiro atoms. The van der Waals surface area contributed by atoms with Gasteiger partial charge in [-0.1, -0.05) is 34.6 Å². The van der Waals surface area contributed by atoms with Crippen LogP contribution in [0.5, 0.6) is 0 Å². The number of hydrogen-bond donors (Lipinski definition) is 0. The fourth-order valence-corrected chi connectivity index (χ4v) is 2.66. The van der Waals surface area contributed by atoms with Crippen molar-refractivity contribution in [2.45, 2.75) is 58.8 Å². The van der Waals surface area contributed by atoms with Crippen molar-refractivity contribution < 1.29 is 18.8 Å². The highest BCUT2D eigenvalue weighted by atomic mass is 28.4. The topological polar surface area (TPSA) is 55.8 Å². The van der Waals surface area contributed by atoms with E-state index < -0.39 is 14.4 Å². The van der Waals surface area contributed by atoms with Crippen molar-refractivity contribution in [1.82, 2.24) is 4.90 Å². The van der Waals surface area contributed by atoms with Gasteiger partial charge in [0.25, 0.3) is 5.91 Å². The minimum absolute atomic E-state index is 0.0379. The number of carbonyl (C=O) groups is 2. The minimum Gasteiger partial charge on any atom is -0.447 e. The minimum atomic E-state index is -1.99. The van der Waals surface area contributed by atoms with Crippen LogP contribution >= 0.6 is 0 Å². The fraction of sp³-hybridized carbons (Fsp3) is 0.857. The summed E-state index contributed by atoms with van der Waals surface area (Å²) < 4.78 is 10.9. The van der Waals surface area contributed by atoms with Crippen LogP contribution in [0.1, 0.15) is 34.6 Å². The summed E-state index contributed by atoms with van der Waals surface area (Å²) in [5.74, 6) is -0.116. The number of amides is 2. The molecule has 0 aromatic rings. The molecule has 0 unspecified atom stereocenters. The summed E-state index contributed by atoms with van der Waals surface area (Å²) in [5, 5.41) is 0.0379. The predicted octanol–water partition coefficient (Wildman–Crippen LogP) is 3.01. The molecule has 1 saturated heterocycles. The highest BCUT2D eigenvalue weighted by Gasteiger charge is 2.42. The van der Waals surface area contributed by atoms with Gasteiger partial charge in [-0.05, 0) is 24.1 Å². The third kappa shape index (κ3) is 3.61. The Morgan fingerprint density at radius 3 is 2.45 bits per heavy atom. The highest BCUT2D eigenvalue weighted by Crippen LogP contribution is 2.36. The molecule has 1 aliphatic rings. The molecule has 116 valence electrons. The average Bonchev–Trinajstić information content (AvgIpc) is 2.66. The van der Waals surface area contributed by atoms with Crippen LogP contribution in [-0.2, 0) is 14.0 Å². The molecule has 2 amide bonds. The molecular weight excluding hydrogens is 274 g/mol. The molecule has 1 rings (SSSR count). The lowest BCUT2D eigenvalue weighted by Crippen LogP contribution is -2.47. The predicted molar refractivity (Wildman–Crippen MR) is 80.0 cm³/mol. The molecule has 1 aliphatic heterocycles. The Balaban J connectivity index is 2.69. The van der Waals surface area contributed by atoms with E-state index >= 15 is 0 Å². The van der Waals surface area contributed by atoms with Crippen LogP contribution < -0.4 is 0 Å². The van der Waals surface area contributed by atoms with Gasteiger partial charge in [0.15, 0.2) is 8.32 Å². The van der Waals surface area contributed by atoms with Crippen molar-refractivity contribution in [3.05, 3.63) is 0 Å². The lowest BCUT2D eigenvalue weighted by Gasteiger charge is -2.36. The number of nitrogens with zero attached hydrogens (tertiary/aromatic N) is 1. The summed E-state index contributed by atoms with van der Waals surface area (Å²) in [6, 6.07) is -0.182. The second kappa shape index (κ2) is 5.85. The molecule has 20 heavy (non-hydrogen) atoms. The summed E-state index contributed by atoms with van der Waals surface area (Å²) in [6.07, 6.45) is -0.549. The van der Waals surface area contributed by atoms with E-state index in [4.69, 9.17) is 9.16 Å². The van der Waals surface area contributed by atoms with Gasteiger partial charge in [0.2, 0.25) is 0 Å². The number of imide groups is 1. The molecule has 0 aromatic carbocycles. The summed E-state index contributed by atoms with van der Waals surface area (Å²) in [6.45, 7) is 14.7. The van der Waals surface area contributed by atoms with E-state index in [1.165, 1.54) is 4.90 Å². The lowest BCUT2D eigenvalue weighted by molar-refractivity contribution is -0.132. The Morgan fingerprint density at radius 2 is 2.00 bits per heavy atom. The molecule has 0 bridgehead atoms. The zero-order valence-electron chi connectivity index (χ0n) is 13.6. The Labute approximate surface area is 122 Å². The quantitative estimate of drug-likeness (QED) is 0.749. The van der Waals surface area contributed by atoms with E-state index in [1.807, 2.05) is 13.8 Å². The second-order valence-electron chi connectivity index (χ2n) is 7.20. The first-order valence-corrected chi connectivity index (χ1v) is 10.0. The van der Waals surface area contributed by atoms with Crippen molar-refractivity contribution in [2.75, 3.05) is 13.2 Å². The Morgan fingerprint density at radius 1 is 1.45 bits per heavy atom. The van der Waals surface area contributed by atoms with E-state index in [1.54, 1.807) is 0 Å². The third-order valence-corrected chi connectivity index (χ3v) is 8.79. The van der Waals surface area contributed by atoms with Gasteiger partial charge in [-0.3, -0.25) is 4.79 Å². The summed E-state index contributed by atoms with van der Waals surface area (Å²) in [7, 11) is -1.99. The van der Waals surface area contributed by atoms with Crippen molar-refractivity contribution in [3.63, 3.8) is 0 Å². The van der Waals surface area contributed by atoms with Crippen LogP contribution in [0.2, 0.25) is 18.1 Å². The maximum absolute atomic E-state index is 12.3. The van der Waals surface area contributed by atoms with Crippen molar-refractivity contribution in [1.29, 1.82) is 0 Å². The first kappa shape index (κ1) is 17.2.